The SMILES string of the molecule is Nc1ncc(-c2nc(-c3ccc(C=O)s3)nc(N3CCOCC3)n2)cn1. The van der Waals surface area contributed by atoms with Gasteiger partial charge in [0, 0.05) is 25.5 Å². The van der Waals surface area contributed by atoms with Crippen molar-refractivity contribution in [2.75, 3.05) is 36.9 Å². The number of hydrogen-bond acceptors (Lipinski definition) is 10. The van der Waals surface area contributed by atoms with Crippen molar-refractivity contribution in [3.63, 3.8) is 0 Å². The Balaban J connectivity index is 1.80. The van der Waals surface area contributed by atoms with Crippen LogP contribution in [-0.4, -0.2) is 57.5 Å². The number of carbonyl (C=O) groups excluding carboxylic acids is 1. The van der Waals surface area contributed by atoms with Crippen molar-refractivity contribution >= 4 is 29.5 Å². The molecule has 0 spiro atoms. The van der Waals surface area contributed by atoms with Gasteiger partial charge in [0.15, 0.2) is 17.9 Å². The average molecular weight is 369 g/mol. The van der Waals surface area contributed by atoms with E-state index in [1.807, 2.05) is 11.0 Å². The minimum atomic E-state index is 0.185. The van der Waals surface area contributed by atoms with Crippen LogP contribution in [0.1, 0.15) is 9.67 Å². The van der Waals surface area contributed by atoms with E-state index >= 15 is 0 Å². The molecule has 3 aromatic rings. The van der Waals surface area contributed by atoms with Crippen LogP contribution < -0.4 is 10.6 Å². The number of ether oxygens (including phenoxy) is 1. The molecule has 0 aliphatic carbocycles. The average Bonchev–Trinajstić information content (AvgIpc) is 3.18. The van der Waals surface area contributed by atoms with Gasteiger partial charge < -0.3 is 15.4 Å². The Hall–Kier alpha value is -2.98. The molecule has 3 aromatic heterocycles. The van der Waals surface area contributed by atoms with E-state index in [1.54, 1.807) is 18.5 Å². The summed E-state index contributed by atoms with van der Waals surface area (Å²) >= 11 is 1.33. The molecule has 1 fully saturated rings. The molecule has 4 rings (SSSR count). The number of thiophene rings is 1. The number of rotatable bonds is 4. The van der Waals surface area contributed by atoms with E-state index < -0.39 is 0 Å². The number of morpholine rings is 1. The minimum Gasteiger partial charge on any atom is -0.378 e. The fraction of sp³-hybridized carbons (Fsp3) is 0.250. The molecule has 4 heterocycles. The number of nitrogens with two attached hydrogens (primary N) is 1. The molecule has 1 aliphatic rings. The Morgan fingerprint density at radius 2 is 1.81 bits per heavy atom. The third kappa shape index (κ3) is 3.37. The minimum absolute atomic E-state index is 0.185. The molecule has 10 heteroatoms. The molecule has 2 N–H and O–H groups in total. The molecule has 0 radical (unpaired) electrons. The van der Waals surface area contributed by atoms with Crippen LogP contribution in [0.15, 0.2) is 24.5 Å². The van der Waals surface area contributed by atoms with Gasteiger partial charge in [0.1, 0.15) is 0 Å². The first-order chi connectivity index (χ1) is 12.7. The van der Waals surface area contributed by atoms with Gasteiger partial charge in [-0.1, -0.05) is 0 Å². The zero-order chi connectivity index (χ0) is 17.9. The highest BCUT2D eigenvalue weighted by Gasteiger charge is 2.19. The second kappa shape index (κ2) is 7.10. The zero-order valence-corrected chi connectivity index (χ0v) is 14.5. The van der Waals surface area contributed by atoms with E-state index in [1.165, 1.54) is 11.3 Å². The Morgan fingerprint density at radius 3 is 2.50 bits per heavy atom. The molecule has 0 amide bonds. The lowest BCUT2D eigenvalue weighted by Gasteiger charge is -2.27. The molecular weight excluding hydrogens is 354 g/mol. The molecule has 0 aromatic carbocycles. The zero-order valence-electron chi connectivity index (χ0n) is 13.7. The number of hydrogen-bond donors (Lipinski definition) is 1. The van der Waals surface area contributed by atoms with Gasteiger partial charge in [-0.3, -0.25) is 4.79 Å². The van der Waals surface area contributed by atoms with Crippen molar-refractivity contribution in [3.8, 4) is 22.1 Å². The highest BCUT2D eigenvalue weighted by Crippen LogP contribution is 2.28. The summed E-state index contributed by atoms with van der Waals surface area (Å²) in [6.07, 6.45) is 3.97. The monoisotopic (exact) mass is 369 g/mol. The molecule has 132 valence electrons. The lowest BCUT2D eigenvalue weighted by atomic mass is 10.3. The van der Waals surface area contributed by atoms with E-state index in [4.69, 9.17) is 10.5 Å². The van der Waals surface area contributed by atoms with Crippen LogP contribution in [0.2, 0.25) is 0 Å². The molecular formula is C16H15N7O2S. The quantitative estimate of drug-likeness (QED) is 0.678. The maximum Gasteiger partial charge on any atom is 0.229 e. The molecule has 1 saturated heterocycles. The summed E-state index contributed by atoms with van der Waals surface area (Å²) in [6, 6.07) is 3.58. The molecule has 26 heavy (non-hydrogen) atoms. The molecule has 0 atom stereocenters. The van der Waals surface area contributed by atoms with Crippen LogP contribution in [-0.2, 0) is 4.74 Å². The summed E-state index contributed by atoms with van der Waals surface area (Å²) in [7, 11) is 0. The van der Waals surface area contributed by atoms with Crippen LogP contribution in [0.25, 0.3) is 22.1 Å². The third-order valence-electron chi connectivity index (χ3n) is 3.81. The van der Waals surface area contributed by atoms with Crippen molar-refractivity contribution in [2.45, 2.75) is 0 Å². The van der Waals surface area contributed by atoms with Gasteiger partial charge in [0.2, 0.25) is 11.9 Å². The fourth-order valence-electron chi connectivity index (χ4n) is 2.50. The van der Waals surface area contributed by atoms with Gasteiger partial charge >= 0.3 is 0 Å². The van der Waals surface area contributed by atoms with E-state index in [2.05, 4.69) is 24.9 Å². The maximum atomic E-state index is 11.0. The largest absolute Gasteiger partial charge is 0.378 e. The normalized spacial score (nSPS) is 14.4. The Kier molecular flexibility index (Phi) is 4.50. The number of anilines is 2. The summed E-state index contributed by atoms with van der Waals surface area (Å²) in [6.45, 7) is 2.64. The van der Waals surface area contributed by atoms with Gasteiger partial charge in [-0.05, 0) is 12.1 Å². The summed E-state index contributed by atoms with van der Waals surface area (Å²) in [5, 5.41) is 0. The molecule has 9 nitrogen and oxygen atoms in total. The van der Waals surface area contributed by atoms with Gasteiger partial charge in [0.05, 0.1) is 28.5 Å². The smallest absolute Gasteiger partial charge is 0.229 e. The van der Waals surface area contributed by atoms with E-state index in [9.17, 15) is 4.79 Å². The van der Waals surface area contributed by atoms with Gasteiger partial charge in [0.25, 0.3) is 0 Å². The standard InChI is InChI=1S/C16H15N7O2S/c17-15-18-7-10(8-19-15)13-20-14(12-2-1-11(9-24)26-12)22-16(21-13)23-3-5-25-6-4-23/h1-2,7-9H,3-6H2,(H2,17,18,19). The maximum absolute atomic E-state index is 11.0. The first kappa shape index (κ1) is 16.5. The fourth-order valence-corrected chi connectivity index (χ4v) is 3.26. The van der Waals surface area contributed by atoms with Crippen molar-refractivity contribution in [3.05, 3.63) is 29.4 Å². The number of aromatic nitrogens is 5. The third-order valence-corrected chi connectivity index (χ3v) is 4.82. The topological polar surface area (TPSA) is 120 Å². The summed E-state index contributed by atoms with van der Waals surface area (Å²) < 4.78 is 5.40. The first-order valence-electron chi connectivity index (χ1n) is 7.95. The van der Waals surface area contributed by atoms with Crippen molar-refractivity contribution in [1.29, 1.82) is 0 Å². The van der Waals surface area contributed by atoms with Crippen LogP contribution in [0, 0.1) is 0 Å². The number of nitrogen functional groups attached to an aromatic ring is 1. The highest BCUT2D eigenvalue weighted by atomic mass is 32.1. The lowest BCUT2D eigenvalue weighted by molar-refractivity contribution is 0.112. The second-order valence-electron chi connectivity index (χ2n) is 5.53. The van der Waals surface area contributed by atoms with Crippen LogP contribution >= 0.6 is 11.3 Å². The number of nitrogens with zero attached hydrogens (tertiary/aromatic N) is 6. The van der Waals surface area contributed by atoms with E-state index in [0.717, 1.165) is 11.2 Å². The number of carbonyl (C=O) groups is 1. The second-order valence-corrected chi connectivity index (χ2v) is 6.65. The van der Waals surface area contributed by atoms with Crippen molar-refractivity contribution in [2.24, 2.45) is 0 Å². The molecule has 0 unspecified atom stereocenters. The van der Waals surface area contributed by atoms with Crippen molar-refractivity contribution in [1.82, 2.24) is 24.9 Å². The molecule has 0 bridgehead atoms. The number of aldehydes is 1. The summed E-state index contributed by atoms with van der Waals surface area (Å²) in [5.74, 6) is 1.71. The van der Waals surface area contributed by atoms with E-state index in [-0.39, 0.29) is 5.95 Å². The van der Waals surface area contributed by atoms with Crippen molar-refractivity contribution < 1.29 is 9.53 Å². The Labute approximate surface area is 152 Å². The van der Waals surface area contributed by atoms with Crippen LogP contribution in [0.3, 0.4) is 0 Å². The first-order valence-corrected chi connectivity index (χ1v) is 8.76. The van der Waals surface area contributed by atoms with Crippen LogP contribution in [0.4, 0.5) is 11.9 Å². The Morgan fingerprint density at radius 1 is 1.08 bits per heavy atom. The van der Waals surface area contributed by atoms with Gasteiger partial charge in [-0.25, -0.2) is 15.0 Å². The summed E-state index contributed by atoms with van der Waals surface area (Å²) in [4.78, 5) is 36.2. The Bertz CT molecular complexity index is 923. The lowest BCUT2D eigenvalue weighted by Crippen LogP contribution is -2.37. The summed E-state index contributed by atoms with van der Waals surface area (Å²) in [5.41, 5.74) is 6.20. The van der Waals surface area contributed by atoms with Gasteiger partial charge in [-0.15, -0.1) is 11.3 Å². The predicted octanol–water partition coefficient (Wildman–Crippen LogP) is 1.29. The predicted molar refractivity (Wildman–Crippen MR) is 97.0 cm³/mol. The highest BCUT2D eigenvalue weighted by molar-refractivity contribution is 7.16. The van der Waals surface area contributed by atoms with E-state index in [0.29, 0.717) is 54.3 Å². The van der Waals surface area contributed by atoms with Crippen LogP contribution in [0.5, 0.6) is 0 Å². The molecule has 1 aliphatic heterocycles. The van der Waals surface area contributed by atoms with Gasteiger partial charge in [-0.2, -0.15) is 9.97 Å². The molecule has 0 saturated carbocycles.